The van der Waals surface area contributed by atoms with Crippen LogP contribution in [0.1, 0.15) is 40.0 Å². The SMILES string of the molecule is CC(C)(C)OC(=O)N1C2CCC(C2)C1C(=O)Nc1cc(Br)ccc1N. The van der Waals surface area contributed by atoms with E-state index in [4.69, 9.17) is 10.5 Å². The molecule has 25 heavy (non-hydrogen) atoms. The van der Waals surface area contributed by atoms with E-state index in [2.05, 4.69) is 21.2 Å². The number of ether oxygens (including phenoxy) is 1. The van der Waals surface area contributed by atoms with E-state index in [0.29, 0.717) is 11.4 Å². The quantitative estimate of drug-likeness (QED) is 0.728. The van der Waals surface area contributed by atoms with Gasteiger partial charge in [-0.2, -0.15) is 0 Å². The first-order chi connectivity index (χ1) is 11.7. The summed E-state index contributed by atoms with van der Waals surface area (Å²) < 4.78 is 6.35. The van der Waals surface area contributed by atoms with Crippen LogP contribution in [0.3, 0.4) is 0 Å². The molecule has 2 bridgehead atoms. The van der Waals surface area contributed by atoms with Crippen LogP contribution in [0.2, 0.25) is 0 Å². The summed E-state index contributed by atoms with van der Waals surface area (Å²) in [4.78, 5) is 27.2. The molecular formula is C18H24BrN3O3. The highest BCUT2D eigenvalue weighted by Crippen LogP contribution is 2.43. The number of rotatable bonds is 2. The van der Waals surface area contributed by atoms with Crippen LogP contribution in [-0.4, -0.2) is 34.6 Å². The average molecular weight is 410 g/mol. The average Bonchev–Trinajstić information content (AvgIpc) is 3.09. The number of piperidine rings is 1. The second-order valence-electron chi connectivity index (χ2n) is 7.78. The lowest BCUT2D eigenvalue weighted by Crippen LogP contribution is -2.52. The van der Waals surface area contributed by atoms with Crippen LogP contribution in [0.4, 0.5) is 16.2 Å². The van der Waals surface area contributed by atoms with Crippen LogP contribution in [0.25, 0.3) is 0 Å². The van der Waals surface area contributed by atoms with Gasteiger partial charge in [0, 0.05) is 10.5 Å². The standard InChI is InChI=1S/C18H24BrN3O3/c1-18(2,3)25-17(24)22-12-6-4-10(8-12)15(22)16(23)21-14-9-11(19)5-7-13(14)20/h5,7,9-10,12,15H,4,6,8,20H2,1-3H3,(H,21,23). The van der Waals surface area contributed by atoms with Crippen LogP contribution >= 0.6 is 15.9 Å². The van der Waals surface area contributed by atoms with Crippen molar-refractivity contribution in [2.75, 3.05) is 11.1 Å². The van der Waals surface area contributed by atoms with E-state index in [1.165, 1.54) is 0 Å². The molecule has 1 aliphatic carbocycles. The van der Waals surface area contributed by atoms with Crippen molar-refractivity contribution in [2.45, 2.75) is 57.7 Å². The lowest BCUT2D eigenvalue weighted by molar-refractivity contribution is -0.122. The van der Waals surface area contributed by atoms with Crippen molar-refractivity contribution in [3.05, 3.63) is 22.7 Å². The number of carbonyl (C=O) groups is 2. The molecule has 2 amide bonds. The number of anilines is 2. The largest absolute Gasteiger partial charge is 0.444 e. The zero-order valence-electron chi connectivity index (χ0n) is 14.7. The molecule has 0 aromatic heterocycles. The molecule has 136 valence electrons. The van der Waals surface area contributed by atoms with Gasteiger partial charge in [0.25, 0.3) is 0 Å². The minimum Gasteiger partial charge on any atom is -0.444 e. The molecule has 1 saturated carbocycles. The lowest BCUT2D eigenvalue weighted by Gasteiger charge is -2.35. The van der Waals surface area contributed by atoms with Crippen LogP contribution in [0.15, 0.2) is 22.7 Å². The minimum absolute atomic E-state index is 0.0791. The molecular weight excluding hydrogens is 386 g/mol. The summed E-state index contributed by atoms with van der Waals surface area (Å²) in [5.74, 6) is -0.0336. The summed E-state index contributed by atoms with van der Waals surface area (Å²) in [6, 6.07) is 4.88. The number of halogens is 1. The van der Waals surface area contributed by atoms with Crippen LogP contribution < -0.4 is 11.1 Å². The Hall–Kier alpha value is -1.76. The van der Waals surface area contributed by atoms with Gasteiger partial charge in [-0.05, 0) is 64.2 Å². The highest BCUT2D eigenvalue weighted by molar-refractivity contribution is 9.10. The fourth-order valence-electron chi connectivity index (χ4n) is 3.75. The van der Waals surface area contributed by atoms with E-state index < -0.39 is 17.7 Å². The highest BCUT2D eigenvalue weighted by Gasteiger charge is 2.52. The first kappa shape index (κ1) is 18.0. The van der Waals surface area contributed by atoms with Gasteiger partial charge >= 0.3 is 6.09 Å². The Balaban J connectivity index is 1.80. The zero-order valence-corrected chi connectivity index (χ0v) is 16.3. The number of nitrogens with one attached hydrogen (secondary N) is 1. The van der Waals surface area contributed by atoms with Crippen molar-refractivity contribution in [1.29, 1.82) is 0 Å². The Kier molecular flexibility index (Phi) is 4.70. The maximum absolute atomic E-state index is 12.9. The predicted octanol–water partition coefficient (Wildman–Crippen LogP) is 3.76. The molecule has 1 aromatic carbocycles. The smallest absolute Gasteiger partial charge is 0.411 e. The second-order valence-corrected chi connectivity index (χ2v) is 8.70. The monoisotopic (exact) mass is 409 g/mol. The van der Waals surface area contributed by atoms with Crippen LogP contribution in [-0.2, 0) is 9.53 Å². The lowest BCUT2D eigenvalue weighted by atomic mass is 9.98. The van der Waals surface area contributed by atoms with Crippen molar-refractivity contribution in [3.63, 3.8) is 0 Å². The van der Waals surface area contributed by atoms with Gasteiger partial charge in [0.1, 0.15) is 11.6 Å². The van der Waals surface area contributed by atoms with Gasteiger partial charge in [0.05, 0.1) is 11.4 Å². The predicted molar refractivity (Wildman–Crippen MR) is 100 cm³/mol. The Bertz CT molecular complexity index is 701. The third kappa shape index (κ3) is 3.76. The topological polar surface area (TPSA) is 84.7 Å². The number of fused-ring (bicyclic) bond motifs is 2. The zero-order chi connectivity index (χ0) is 18.4. The van der Waals surface area contributed by atoms with Crippen molar-refractivity contribution in [2.24, 2.45) is 5.92 Å². The number of benzene rings is 1. The van der Waals surface area contributed by atoms with Crippen LogP contribution in [0.5, 0.6) is 0 Å². The molecule has 1 saturated heterocycles. The van der Waals surface area contributed by atoms with E-state index in [9.17, 15) is 9.59 Å². The van der Waals surface area contributed by atoms with Gasteiger partial charge in [0.15, 0.2) is 0 Å². The number of nitrogens with zero attached hydrogens (tertiary/aromatic N) is 1. The van der Waals surface area contributed by atoms with Crippen molar-refractivity contribution in [1.82, 2.24) is 4.90 Å². The van der Waals surface area contributed by atoms with E-state index in [0.717, 1.165) is 23.7 Å². The second kappa shape index (κ2) is 6.52. The van der Waals surface area contributed by atoms with Gasteiger partial charge in [-0.25, -0.2) is 4.79 Å². The molecule has 3 N–H and O–H groups in total. The van der Waals surface area contributed by atoms with Gasteiger partial charge in [0.2, 0.25) is 5.91 Å². The van der Waals surface area contributed by atoms with E-state index >= 15 is 0 Å². The highest BCUT2D eigenvalue weighted by atomic mass is 79.9. The minimum atomic E-state index is -0.589. The maximum Gasteiger partial charge on any atom is 0.411 e. The van der Waals surface area contributed by atoms with Gasteiger partial charge in [-0.3, -0.25) is 9.69 Å². The fraction of sp³-hybridized carbons (Fsp3) is 0.556. The van der Waals surface area contributed by atoms with Crippen molar-refractivity contribution < 1.29 is 14.3 Å². The van der Waals surface area contributed by atoms with E-state index in [1.54, 1.807) is 17.0 Å². The summed E-state index contributed by atoms with van der Waals surface area (Å²) >= 11 is 3.38. The third-order valence-electron chi connectivity index (χ3n) is 4.73. The Labute approximate surface area is 156 Å². The molecule has 1 heterocycles. The Morgan fingerprint density at radius 1 is 1.32 bits per heavy atom. The van der Waals surface area contributed by atoms with Crippen molar-refractivity contribution in [3.8, 4) is 0 Å². The fourth-order valence-corrected chi connectivity index (χ4v) is 4.11. The molecule has 7 heteroatoms. The Morgan fingerprint density at radius 3 is 2.72 bits per heavy atom. The summed E-state index contributed by atoms with van der Waals surface area (Å²) in [5.41, 5.74) is 6.40. The third-order valence-corrected chi connectivity index (χ3v) is 5.22. The first-order valence-corrected chi connectivity index (χ1v) is 9.32. The van der Waals surface area contributed by atoms with Crippen molar-refractivity contribution >= 4 is 39.3 Å². The van der Waals surface area contributed by atoms with Gasteiger partial charge < -0.3 is 15.8 Å². The molecule has 0 radical (unpaired) electrons. The molecule has 1 aliphatic heterocycles. The van der Waals surface area contributed by atoms with Crippen LogP contribution in [0, 0.1) is 5.92 Å². The van der Waals surface area contributed by atoms with Gasteiger partial charge in [-0.1, -0.05) is 15.9 Å². The molecule has 2 aliphatic rings. The molecule has 6 nitrogen and oxygen atoms in total. The summed E-state index contributed by atoms with van der Waals surface area (Å²) in [6.45, 7) is 5.49. The number of hydrogen-bond donors (Lipinski definition) is 2. The van der Waals surface area contributed by atoms with E-state index in [1.807, 2.05) is 26.8 Å². The first-order valence-electron chi connectivity index (χ1n) is 8.53. The summed E-state index contributed by atoms with van der Waals surface area (Å²) in [7, 11) is 0. The normalized spacial score (nSPS) is 25.1. The number of nitrogens with two attached hydrogens (primary N) is 1. The molecule has 1 aromatic rings. The molecule has 0 spiro atoms. The number of likely N-dealkylation sites (tertiary alicyclic amines) is 1. The summed E-state index contributed by atoms with van der Waals surface area (Å²) in [5, 5.41) is 2.88. The Morgan fingerprint density at radius 2 is 2.04 bits per heavy atom. The summed E-state index contributed by atoms with van der Waals surface area (Å²) in [6.07, 6.45) is 2.32. The molecule has 3 rings (SSSR count). The number of amides is 2. The molecule has 3 atom stereocenters. The van der Waals surface area contributed by atoms with E-state index in [-0.39, 0.29) is 17.9 Å². The molecule has 2 fully saturated rings. The van der Waals surface area contributed by atoms with Gasteiger partial charge in [-0.15, -0.1) is 0 Å². The number of hydrogen-bond acceptors (Lipinski definition) is 4. The number of nitrogen functional groups attached to an aromatic ring is 1. The maximum atomic E-state index is 12.9. The molecule has 3 unspecified atom stereocenters. The number of carbonyl (C=O) groups excluding carboxylic acids is 2.